The number of hydrogen-bond acceptors (Lipinski definition) is 4. The maximum atomic E-state index is 12.7. The van der Waals surface area contributed by atoms with Crippen molar-refractivity contribution in [3.05, 3.63) is 26.6 Å². The van der Waals surface area contributed by atoms with Gasteiger partial charge in [-0.2, -0.15) is 0 Å². The van der Waals surface area contributed by atoms with Crippen LogP contribution in [-0.4, -0.2) is 20.6 Å². The van der Waals surface area contributed by atoms with Crippen molar-refractivity contribution in [1.82, 2.24) is 9.55 Å². The van der Waals surface area contributed by atoms with Crippen molar-refractivity contribution < 1.29 is 9.90 Å². The van der Waals surface area contributed by atoms with Crippen LogP contribution in [0.2, 0.25) is 0 Å². The van der Waals surface area contributed by atoms with Gasteiger partial charge in [0.15, 0.2) is 0 Å². The van der Waals surface area contributed by atoms with Crippen molar-refractivity contribution in [2.75, 3.05) is 0 Å². The van der Waals surface area contributed by atoms with Crippen LogP contribution in [0.5, 0.6) is 0 Å². The number of hydrogen-bond donors (Lipinski definition) is 1. The molecular formula is C15H20N2O3S. The number of thiophene rings is 1. The lowest BCUT2D eigenvalue weighted by atomic mass is 10.1. The van der Waals surface area contributed by atoms with Crippen molar-refractivity contribution >= 4 is 27.5 Å². The number of carboxylic acids is 1. The van der Waals surface area contributed by atoms with Crippen molar-refractivity contribution in [2.45, 2.75) is 53.0 Å². The van der Waals surface area contributed by atoms with Crippen LogP contribution < -0.4 is 5.56 Å². The molecule has 0 aliphatic heterocycles. The van der Waals surface area contributed by atoms with E-state index in [0.717, 1.165) is 21.1 Å². The summed E-state index contributed by atoms with van der Waals surface area (Å²) in [5, 5.41) is 9.44. The van der Waals surface area contributed by atoms with E-state index in [1.807, 2.05) is 27.7 Å². The summed E-state index contributed by atoms with van der Waals surface area (Å²) >= 11 is 1.54. The number of aryl methyl sites for hydroxylation is 2. The number of aromatic nitrogens is 2. The van der Waals surface area contributed by atoms with Crippen molar-refractivity contribution in [3.8, 4) is 0 Å². The van der Waals surface area contributed by atoms with Gasteiger partial charge in [0, 0.05) is 23.8 Å². The molecule has 2 aromatic heterocycles. The summed E-state index contributed by atoms with van der Waals surface area (Å²) in [6, 6.07) is 0. The van der Waals surface area contributed by atoms with Gasteiger partial charge in [0.25, 0.3) is 5.56 Å². The average molecular weight is 308 g/mol. The number of fused-ring (bicyclic) bond motifs is 1. The molecule has 2 heterocycles. The van der Waals surface area contributed by atoms with E-state index in [2.05, 4.69) is 4.98 Å². The molecule has 114 valence electrons. The lowest BCUT2D eigenvalue weighted by molar-refractivity contribution is -0.137. The average Bonchev–Trinajstić information content (AvgIpc) is 2.67. The molecule has 0 aliphatic carbocycles. The Kier molecular flexibility index (Phi) is 4.46. The quantitative estimate of drug-likeness (QED) is 0.921. The first kappa shape index (κ1) is 15.7. The molecule has 0 aliphatic rings. The monoisotopic (exact) mass is 308 g/mol. The Morgan fingerprint density at radius 2 is 2.05 bits per heavy atom. The zero-order valence-electron chi connectivity index (χ0n) is 12.8. The molecule has 0 aromatic carbocycles. The second-order valence-electron chi connectivity index (χ2n) is 5.54. The summed E-state index contributed by atoms with van der Waals surface area (Å²) in [6.45, 7) is 8.32. The first-order valence-corrected chi connectivity index (χ1v) is 7.86. The second-order valence-corrected chi connectivity index (χ2v) is 6.75. The summed E-state index contributed by atoms with van der Waals surface area (Å²) in [6.07, 6.45) is 0.494. The van der Waals surface area contributed by atoms with Gasteiger partial charge in [-0.15, -0.1) is 11.3 Å². The van der Waals surface area contributed by atoms with Crippen LogP contribution in [0.3, 0.4) is 0 Å². The molecule has 2 rings (SSSR count). The van der Waals surface area contributed by atoms with Gasteiger partial charge in [-0.3, -0.25) is 14.2 Å². The fourth-order valence-electron chi connectivity index (χ4n) is 2.39. The fraction of sp³-hybridized carbons (Fsp3) is 0.533. The van der Waals surface area contributed by atoms with Crippen molar-refractivity contribution in [3.63, 3.8) is 0 Å². The number of rotatable bonds is 5. The van der Waals surface area contributed by atoms with Gasteiger partial charge in [0.1, 0.15) is 10.7 Å². The summed E-state index contributed by atoms with van der Waals surface area (Å²) in [7, 11) is 0. The Balaban J connectivity index is 2.57. The standard InChI is InChI=1S/C15H20N2O3S/c1-8(2)13-16-14-12(9(3)10(4)21-14)15(20)17(13)7-5-6-11(18)19/h8H,5-7H2,1-4H3,(H,18,19). The predicted molar refractivity (Wildman–Crippen MR) is 84.3 cm³/mol. The van der Waals surface area contributed by atoms with Crippen LogP contribution in [0.15, 0.2) is 4.79 Å². The van der Waals surface area contributed by atoms with E-state index >= 15 is 0 Å². The summed E-state index contributed by atoms with van der Waals surface area (Å²) in [5.41, 5.74) is 0.936. The summed E-state index contributed by atoms with van der Waals surface area (Å²) in [5.74, 6) is 0.0134. The highest BCUT2D eigenvalue weighted by molar-refractivity contribution is 7.18. The van der Waals surface area contributed by atoms with E-state index in [1.54, 1.807) is 15.9 Å². The Bertz CT molecular complexity index is 743. The number of aliphatic carboxylic acids is 1. The van der Waals surface area contributed by atoms with Crippen LogP contribution in [0, 0.1) is 13.8 Å². The normalized spacial score (nSPS) is 11.5. The Hall–Kier alpha value is -1.69. The molecule has 0 atom stereocenters. The van der Waals surface area contributed by atoms with E-state index in [4.69, 9.17) is 5.11 Å². The maximum absolute atomic E-state index is 12.7. The molecule has 0 amide bonds. The van der Waals surface area contributed by atoms with Crippen LogP contribution in [-0.2, 0) is 11.3 Å². The molecule has 0 saturated carbocycles. The molecule has 0 saturated heterocycles. The molecule has 2 aromatic rings. The fourth-order valence-corrected chi connectivity index (χ4v) is 3.42. The zero-order chi connectivity index (χ0) is 15.7. The van der Waals surface area contributed by atoms with Crippen molar-refractivity contribution in [2.24, 2.45) is 0 Å². The van der Waals surface area contributed by atoms with E-state index in [-0.39, 0.29) is 17.9 Å². The van der Waals surface area contributed by atoms with Gasteiger partial charge in [-0.1, -0.05) is 13.8 Å². The highest BCUT2D eigenvalue weighted by Gasteiger charge is 2.18. The van der Waals surface area contributed by atoms with Crippen molar-refractivity contribution in [1.29, 1.82) is 0 Å². The van der Waals surface area contributed by atoms with Gasteiger partial charge >= 0.3 is 5.97 Å². The number of nitrogens with zero attached hydrogens (tertiary/aromatic N) is 2. The summed E-state index contributed by atoms with van der Waals surface area (Å²) < 4.78 is 1.65. The molecule has 0 unspecified atom stereocenters. The lowest BCUT2D eigenvalue weighted by Gasteiger charge is -2.14. The minimum Gasteiger partial charge on any atom is -0.481 e. The smallest absolute Gasteiger partial charge is 0.303 e. The number of carbonyl (C=O) groups is 1. The third kappa shape index (κ3) is 3.00. The molecule has 21 heavy (non-hydrogen) atoms. The lowest BCUT2D eigenvalue weighted by Crippen LogP contribution is -2.26. The minimum absolute atomic E-state index is 0.0454. The van der Waals surface area contributed by atoms with E-state index in [0.29, 0.717) is 18.4 Å². The Labute approximate surface area is 127 Å². The predicted octanol–water partition coefficient (Wildman–Crippen LogP) is 3.06. The van der Waals surface area contributed by atoms with Gasteiger partial charge in [0.2, 0.25) is 0 Å². The third-order valence-electron chi connectivity index (χ3n) is 3.61. The van der Waals surface area contributed by atoms with E-state index in [9.17, 15) is 9.59 Å². The van der Waals surface area contributed by atoms with Gasteiger partial charge < -0.3 is 5.11 Å². The first-order chi connectivity index (χ1) is 9.82. The molecule has 0 radical (unpaired) electrons. The van der Waals surface area contributed by atoms with E-state index in [1.165, 1.54) is 0 Å². The second kappa shape index (κ2) is 5.97. The SMILES string of the molecule is Cc1sc2nc(C(C)C)n(CCCC(=O)O)c(=O)c2c1C. The zero-order valence-corrected chi connectivity index (χ0v) is 13.6. The van der Waals surface area contributed by atoms with E-state index < -0.39 is 5.97 Å². The minimum atomic E-state index is -0.842. The third-order valence-corrected chi connectivity index (χ3v) is 4.71. The van der Waals surface area contributed by atoms with Crippen LogP contribution >= 0.6 is 11.3 Å². The summed E-state index contributed by atoms with van der Waals surface area (Å²) in [4.78, 5) is 29.9. The first-order valence-electron chi connectivity index (χ1n) is 7.05. The highest BCUT2D eigenvalue weighted by atomic mass is 32.1. The molecule has 0 bridgehead atoms. The van der Waals surface area contributed by atoms with Crippen LogP contribution in [0.1, 0.15) is 48.9 Å². The van der Waals surface area contributed by atoms with Gasteiger partial charge in [-0.05, 0) is 25.8 Å². The molecular weight excluding hydrogens is 288 g/mol. The molecule has 0 spiro atoms. The Morgan fingerprint density at radius 3 is 2.62 bits per heavy atom. The van der Waals surface area contributed by atoms with Gasteiger partial charge in [0.05, 0.1) is 5.39 Å². The van der Waals surface area contributed by atoms with Crippen LogP contribution in [0.4, 0.5) is 0 Å². The highest BCUT2D eigenvalue weighted by Crippen LogP contribution is 2.27. The molecule has 0 fully saturated rings. The van der Waals surface area contributed by atoms with Crippen LogP contribution in [0.25, 0.3) is 10.2 Å². The maximum Gasteiger partial charge on any atom is 0.303 e. The number of carboxylic acid groups (broad SMARTS) is 1. The topological polar surface area (TPSA) is 72.2 Å². The van der Waals surface area contributed by atoms with Gasteiger partial charge in [-0.25, -0.2) is 4.98 Å². The largest absolute Gasteiger partial charge is 0.481 e. The Morgan fingerprint density at radius 1 is 1.38 bits per heavy atom. The molecule has 6 heteroatoms. The molecule has 5 nitrogen and oxygen atoms in total. The molecule has 1 N–H and O–H groups in total.